The maximum Gasteiger partial charge on any atom is 0.123 e. The number of halogens is 2. The fourth-order valence-corrected chi connectivity index (χ4v) is 4.73. The minimum Gasteiger partial charge on any atom is -0.344 e. The van der Waals surface area contributed by atoms with Crippen molar-refractivity contribution in [3.05, 3.63) is 107 Å². The maximum absolute atomic E-state index is 13.9. The van der Waals surface area contributed by atoms with Crippen molar-refractivity contribution in [3.63, 3.8) is 0 Å². The van der Waals surface area contributed by atoms with Gasteiger partial charge in [0.15, 0.2) is 0 Å². The molecule has 0 amide bonds. The molecular formula is C29H30F2N2. The Morgan fingerprint density at radius 2 is 1.45 bits per heavy atom. The average Bonchev–Trinajstić information content (AvgIpc) is 3.14. The summed E-state index contributed by atoms with van der Waals surface area (Å²) in [7, 11) is 0. The van der Waals surface area contributed by atoms with Gasteiger partial charge in [-0.3, -0.25) is 4.99 Å². The molecule has 0 bridgehead atoms. The van der Waals surface area contributed by atoms with Crippen LogP contribution in [0.3, 0.4) is 0 Å². The third-order valence-corrected chi connectivity index (χ3v) is 6.64. The molecule has 2 aliphatic heterocycles. The second-order valence-corrected chi connectivity index (χ2v) is 9.50. The number of benzene rings is 2. The van der Waals surface area contributed by atoms with E-state index in [0.29, 0.717) is 0 Å². The highest BCUT2D eigenvalue weighted by atomic mass is 19.1. The van der Waals surface area contributed by atoms with Crippen molar-refractivity contribution in [2.75, 3.05) is 11.4 Å². The van der Waals surface area contributed by atoms with E-state index in [9.17, 15) is 8.78 Å². The fourth-order valence-electron chi connectivity index (χ4n) is 4.73. The lowest BCUT2D eigenvalue weighted by molar-refractivity contribution is 0.604. The summed E-state index contributed by atoms with van der Waals surface area (Å²) in [4.78, 5) is 6.90. The minimum absolute atomic E-state index is 0.201. The SMILES string of the molecule is CCN1/C(=C/C=C/C=C/C=C/C2=Nc3ccc(F)cc3C2(C)C)C(C)(C)c2cc(F)ccc21. The molecule has 2 aromatic carbocycles. The highest BCUT2D eigenvalue weighted by molar-refractivity contribution is 6.08. The highest BCUT2D eigenvalue weighted by Crippen LogP contribution is 2.47. The number of fused-ring (bicyclic) bond motifs is 2. The second-order valence-electron chi connectivity index (χ2n) is 9.50. The van der Waals surface area contributed by atoms with Crippen LogP contribution in [0.1, 0.15) is 45.7 Å². The van der Waals surface area contributed by atoms with E-state index < -0.39 is 0 Å². The predicted molar refractivity (Wildman–Crippen MR) is 134 cm³/mol. The van der Waals surface area contributed by atoms with E-state index in [1.165, 1.54) is 12.1 Å². The first-order chi connectivity index (χ1) is 15.7. The summed E-state index contributed by atoms with van der Waals surface area (Å²) in [6.45, 7) is 11.3. The van der Waals surface area contributed by atoms with Gasteiger partial charge in [-0.05, 0) is 66.6 Å². The smallest absolute Gasteiger partial charge is 0.123 e. The molecule has 0 spiro atoms. The Hall–Kier alpha value is -3.27. The number of aliphatic imine (C=N–C) groups is 1. The summed E-state index contributed by atoms with van der Waals surface area (Å²) in [6, 6.07) is 9.79. The molecule has 0 aromatic heterocycles. The van der Waals surface area contributed by atoms with E-state index >= 15 is 0 Å². The van der Waals surface area contributed by atoms with E-state index in [0.717, 1.165) is 40.5 Å². The molecule has 4 rings (SSSR count). The molecule has 2 aliphatic rings. The highest BCUT2D eigenvalue weighted by Gasteiger charge is 2.39. The normalized spacial score (nSPS) is 19.8. The second kappa shape index (κ2) is 8.58. The number of hydrogen-bond donors (Lipinski definition) is 0. The lowest BCUT2D eigenvalue weighted by Crippen LogP contribution is -2.25. The molecule has 0 radical (unpaired) electrons. The quantitative estimate of drug-likeness (QED) is 0.432. The van der Waals surface area contributed by atoms with Crippen LogP contribution >= 0.6 is 0 Å². The van der Waals surface area contributed by atoms with Gasteiger partial charge in [0.25, 0.3) is 0 Å². The van der Waals surface area contributed by atoms with Gasteiger partial charge in [-0.15, -0.1) is 0 Å². The van der Waals surface area contributed by atoms with Crippen molar-refractivity contribution in [1.82, 2.24) is 0 Å². The topological polar surface area (TPSA) is 15.6 Å². The van der Waals surface area contributed by atoms with Crippen molar-refractivity contribution in [1.29, 1.82) is 0 Å². The van der Waals surface area contributed by atoms with Crippen molar-refractivity contribution >= 4 is 17.1 Å². The van der Waals surface area contributed by atoms with Crippen molar-refractivity contribution in [2.24, 2.45) is 4.99 Å². The molecule has 2 aromatic rings. The Balaban J connectivity index is 1.46. The van der Waals surface area contributed by atoms with Crippen LogP contribution in [0.4, 0.5) is 20.2 Å². The number of likely N-dealkylation sites (N-methyl/N-ethyl adjacent to an activating group) is 1. The Kier molecular flexibility index (Phi) is 5.96. The summed E-state index contributed by atoms with van der Waals surface area (Å²) >= 11 is 0. The molecule has 0 saturated carbocycles. The summed E-state index contributed by atoms with van der Waals surface area (Å²) < 4.78 is 27.5. The predicted octanol–water partition coefficient (Wildman–Crippen LogP) is 7.70. The van der Waals surface area contributed by atoms with E-state index in [2.05, 4.69) is 50.6 Å². The van der Waals surface area contributed by atoms with Gasteiger partial charge in [-0.2, -0.15) is 0 Å². The van der Waals surface area contributed by atoms with Crippen LogP contribution < -0.4 is 4.90 Å². The van der Waals surface area contributed by atoms with E-state index in [1.54, 1.807) is 18.2 Å². The Morgan fingerprint density at radius 1 is 0.818 bits per heavy atom. The zero-order chi connectivity index (χ0) is 23.8. The maximum atomic E-state index is 13.9. The molecule has 170 valence electrons. The summed E-state index contributed by atoms with van der Waals surface area (Å²) in [5.41, 5.74) is 5.31. The van der Waals surface area contributed by atoms with Crippen molar-refractivity contribution < 1.29 is 8.78 Å². The summed E-state index contributed by atoms with van der Waals surface area (Å²) in [6.07, 6.45) is 14.0. The average molecular weight is 445 g/mol. The van der Waals surface area contributed by atoms with Crippen molar-refractivity contribution in [3.8, 4) is 0 Å². The van der Waals surface area contributed by atoms with Gasteiger partial charge in [-0.25, -0.2) is 8.78 Å². The molecule has 2 nitrogen and oxygen atoms in total. The lowest BCUT2D eigenvalue weighted by atomic mass is 9.81. The number of rotatable bonds is 5. The standard InChI is InChI=1S/C29H30F2N2/c1-6-33-25-17-15-21(31)19-23(25)29(4,5)27(33)13-11-9-7-8-10-12-26-28(2,3)22-18-20(30)14-16-24(22)32-26/h7-19H,6H2,1-5H3/b8-7+,11-9+,12-10+,27-13+. The van der Waals surface area contributed by atoms with Gasteiger partial charge < -0.3 is 4.90 Å². The Labute approximate surface area is 195 Å². The molecule has 0 atom stereocenters. The largest absolute Gasteiger partial charge is 0.344 e. The molecule has 4 heteroatoms. The lowest BCUT2D eigenvalue weighted by Gasteiger charge is -2.25. The zero-order valence-corrected chi connectivity index (χ0v) is 19.9. The zero-order valence-electron chi connectivity index (χ0n) is 19.9. The third kappa shape index (κ3) is 4.10. The Morgan fingerprint density at radius 3 is 2.18 bits per heavy atom. The van der Waals surface area contributed by atoms with Gasteiger partial charge in [-0.1, -0.05) is 58.1 Å². The third-order valence-electron chi connectivity index (χ3n) is 6.64. The van der Waals surface area contributed by atoms with Gasteiger partial charge in [0, 0.05) is 28.8 Å². The van der Waals surface area contributed by atoms with Crippen LogP contribution in [0, 0.1) is 11.6 Å². The molecule has 2 heterocycles. The fraction of sp³-hybridized carbons (Fsp3) is 0.276. The first-order valence-corrected chi connectivity index (χ1v) is 11.3. The van der Waals surface area contributed by atoms with Crippen LogP contribution in [0.5, 0.6) is 0 Å². The molecule has 0 aliphatic carbocycles. The first kappa shape index (κ1) is 22.9. The Bertz CT molecular complexity index is 1230. The summed E-state index contributed by atoms with van der Waals surface area (Å²) in [5.74, 6) is -0.436. The van der Waals surface area contributed by atoms with E-state index in [1.807, 2.05) is 42.5 Å². The van der Waals surface area contributed by atoms with E-state index in [4.69, 9.17) is 0 Å². The molecular weight excluding hydrogens is 414 g/mol. The minimum atomic E-state index is -0.325. The monoisotopic (exact) mass is 444 g/mol. The number of nitrogens with zero attached hydrogens (tertiary/aromatic N) is 2. The van der Waals surface area contributed by atoms with Crippen LogP contribution in [0.15, 0.2) is 89.6 Å². The molecule has 33 heavy (non-hydrogen) atoms. The van der Waals surface area contributed by atoms with Gasteiger partial charge >= 0.3 is 0 Å². The van der Waals surface area contributed by atoms with Gasteiger partial charge in [0.05, 0.1) is 11.4 Å². The molecule has 0 unspecified atom stereocenters. The van der Waals surface area contributed by atoms with E-state index in [-0.39, 0.29) is 22.5 Å². The number of hydrogen-bond acceptors (Lipinski definition) is 2. The van der Waals surface area contributed by atoms with Gasteiger partial charge in [0.1, 0.15) is 11.6 Å². The van der Waals surface area contributed by atoms with Gasteiger partial charge in [0.2, 0.25) is 0 Å². The number of allylic oxidation sites excluding steroid dienone is 8. The van der Waals surface area contributed by atoms with Crippen molar-refractivity contribution in [2.45, 2.75) is 45.4 Å². The van der Waals surface area contributed by atoms with Crippen LogP contribution in [-0.4, -0.2) is 12.3 Å². The van der Waals surface area contributed by atoms with Crippen LogP contribution in [0.25, 0.3) is 0 Å². The molecule has 0 fully saturated rings. The van der Waals surface area contributed by atoms with Crippen LogP contribution in [0.2, 0.25) is 0 Å². The number of anilines is 1. The molecule has 0 saturated heterocycles. The molecule has 0 N–H and O–H groups in total. The first-order valence-electron chi connectivity index (χ1n) is 11.3. The summed E-state index contributed by atoms with van der Waals surface area (Å²) in [5, 5.41) is 0. The van der Waals surface area contributed by atoms with Crippen LogP contribution in [-0.2, 0) is 10.8 Å².